The lowest BCUT2D eigenvalue weighted by Crippen LogP contribution is -2.38. The summed E-state index contributed by atoms with van der Waals surface area (Å²) in [6, 6.07) is -0.522. The molecule has 0 bridgehead atoms. The Morgan fingerprint density at radius 3 is 2.54 bits per heavy atom. The highest BCUT2D eigenvalue weighted by atomic mass is 32.2. The summed E-state index contributed by atoms with van der Waals surface area (Å²) in [5.41, 5.74) is 0. The number of hydrogen-bond donors (Lipinski definition) is 2. The Morgan fingerprint density at radius 1 is 1.62 bits per heavy atom. The van der Waals surface area contributed by atoms with Gasteiger partial charge in [-0.2, -0.15) is 0 Å². The Hall–Kier alpha value is -0.660. The molecule has 0 spiro atoms. The van der Waals surface area contributed by atoms with Crippen LogP contribution in [0, 0.1) is 0 Å². The minimum Gasteiger partial charge on any atom is -0.468 e. The Kier molecular flexibility index (Phi) is 4.89. The third-order valence-corrected chi connectivity index (χ3v) is 2.17. The van der Waals surface area contributed by atoms with E-state index in [1.807, 2.05) is 0 Å². The quantitative estimate of drug-likeness (QED) is 0.534. The molecule has 78 valence electrons. The molecule has 0 rings (SSSR count). The lowest BCUT2D eigenvalue weighted by atomic mass is 10.3. The molecule has 1 unspecified atom stereocenters. The number of ether oxygens (including phenoxy) is 1. The van der Waals surface area contributed by atoms with Gasteiger partial charge in [0.25, 0.3) is 0 Å². The van der Waals surface area contributed by atoms with Gasteiger partial charge in [-0.15, -0.1) is 0 Å². The van der Waals surface area contributed by atoms with Crippen molar-refractivity contribution in [2.75, 3.05) is 19.4 Å². The van der Waals surface area contributed by atoms with Crippen LogP contribution in [0.2, 0.25) is 0 Å². The molecule has 0 aromatic heterocycles. The summed E-state index contributed by atoms with van der Waals surface area (Å²) in [5, 5.41) is 7.40. The Morgan fingerprint density at radius 2 is 2.15 bits per heavy atom. The predicted molar refractivity (Wildman–Crippen MR) is 47.5 cm³/mol. The van der Waals surface area contributed by atoms with Gasteiger partial charge in [0.15, 0.2) is 0 Å². The molecule has 0 heterocycles. The molecule has 6 nitrogen and oxygen atoms in total. The van der Waals surface area contributed by atoms with Crippen LogP contribution >= 0.6 is 0 Å². The van der Waals surface area contributed by atoms with E-state index in [9.17, 15) is 13.2 Å². The highest BCUT2D eigenvalue weighted by Gasteiger charge is 2.12. The number of hydrogen-bond acceptors (Lipinski definition) is 5. The molecule has 0 amide bonds. The van der Waals surface area contributed by atoms with Gasteiger partial charge in [-0.05, 0) is 6.92 Å². The van der Waals surface area contributed by atoms with Gasteiger partial charge in [-0.25, -0.2) is 13.6 Å². The minimum absolute atomic E-state index is 0.134. The standard InChI is InChI=1S/C6H14N2O4S/c1-5(6(9)12-2)8-3-4-13(7,10)11/h5,8H,3-4H2,1-2H3,(H2,7,10,11). The van der Waals surface area contributed by atoms with E-state index < -0.39 is 22.0 Å². The zero-order valence-electron chi connectivity index (χ0n) is 7.61. The molecule has 13 heavy (non-hydrogen) atoms. The average Bonchev–Trinajstić information content (AvgIpc) is 2.00. The predicted octanol–water partition coefficient (Wildman–Crippen LogP) is -1.57. The van der Waals surface area contributed by atoms with E-state index in [1.54, 1.807) is 6.92 Å². The zero-order valence-corrected chi connectivity index (χ0v) is 8.43. The minimum atomic E-state index is -3.47. The summed E-state index contributed by atoms with van der Waals surface area (Å²) in [6.07, 6.45) is 0. The van der Waals surface area contributed by atoms with Crippen LogP contribution in [-0.4, -0.2) is 39.8 Å². The highest BCUT2D eigenvalue weighted by Crippen LogP contribution is 1.85. The van der Waals surface area contributed by atoms with Gasteiger partial charge in [-0.3, -0.25) is 4.79 Å². The van der Waals surface area contributed by atoms with Crippen LogP contribution in [-0.2, 0) is 19.6 Å². The number of nitrogens with one attached hydrogen (secondary N) is 1. The molecule has 0 aromatic rings. The molecule has 0 aliphatic carbocycles. The van der Waals surface area contributed by atoms with E-state index in [4.69, 9.17) is 5.14 Å². The molecule has 1 atom stereocenters. The fourth-order valence-electron chi connectivity index (χ4n) is 0.678. The topological polar surface area (TPSA) is 98.5 Å². The average molecular weight is 210 g/mol. The lowest BCUT2D eigenvalue weighted by molar-refractivity contribution is -0.142. The van der Waals surface area contributed by atoms with Crippen molar-refractivity contribution in [2.45, 2.75) is 13.0 Å². The second kappa shape index (κ2) is 5.15. The summed E-state index contributed by atoms with van der Waals surface area (Å²) in [7, 11) is -2.20. The first-order valence-corrected chi connectivity index (χ1v) is 5.40. The maximum absolute atomic E-state index is 10.8. The Labute approximate surface area is 77.5 Å². The fraction of sp³-hybridized carbons (Fsp3) is 0.833. The number of esters is 1. The molecule has 0 saturated heterocycles. The van der Waals surface area contributed by atoms with Crippen molar-refractivity contribution in [1.29, 1.82) is 0 Å². The van der Waals surface area contributed by atoms with Gasteiger partial charge in [0.2, 0.25) is 10.0 Å². The van der Waals surface area contributed by atoms with Crippen molar-refractivity contribution in [3.63, 3.8) is 0 Å². The summed E-state index contributed by atoms with van der Waals surface area (Å²) >= 11 is 0. The van der Waals surface area contributed by atoms with Crippen molar-refractivity contribution in [2.24, 2.45) is 5.14 Å². The number of carbonyl (C=O) groups is 1. The van der Waals surface area contributed by atoms with Crippen molar-refractivity contribution in [3.8, 4) is 0 Å². The molecule has 0 saturated carbocycles. The van der Waals surface area contributed by atoms with Crippen molar-refractivity contribution < 1.29 is 17.9 Å². The van der Waals surface area contributed by atoms with E-state index in [0.717, 1.165) is 0 Å². The van der Waals surface area contributed by atoms with Gasteiger partial charge < -0.3 is 10.1 Å². The van der Waals surface area contributed by atoms with Crippen LogP contribution in [0.3, 0.4) is 0 Å². The molecule has 0 radical (unpaired) electrons. The zero-order chi connectivity index (χ0) is 10.5. The molecule has 0 aliphatic rings. The number of rotatable bonds is 5. The monoisotopic (exact) mass is 210 g/mol. The van der Waals surface area contributed by atoms with Crippen molar-refractivity contribution in [3.05, 3.63) is 0 Å². The number of nitrogens with two attached hydrogens (primary N) is 1. The third-order valence-electron chi connectivity index (χ3n) is 1.39. The van der Waals surface area contributed by atoms with Crippen molar-refractivity contribution >= 4 is 16.0 Å². The first kappa shape index (κ1) is 12.3. The van der Waals surface area contributed by atoms with Gasteiger partial charge in [0.1, 0.15) is 6.04 Å². The number of sulfonamides is 1. The summed E-state index contributed by atoms with van der Waals surface area (Å²) in [5.74, 6) is -0.636. The van der Waals surface area contributed by atoms with E-state index in [1.165, 1.54) is 7.11 Å². The second-order valence-corrected chi connectivity index (χ2v) is 4.30. The van der Waals surface area contributed by atoms with Gasteiger partial charge >= 0.3 is 5.97 Å². The van der Waals surface area contributed by atoms with Crippen LogP contribution in [0.5, 0.6) is 0 Å². The van der Waals surface area contributed by atoms with Crippen LogP contribution in [0.25, 0.3) is 0 Å². The number of primary sulfonamides is 1. The normalized spacial score (nSPS) is 13.8. The van der Waals surface area contributed by atoms with Crippen LogP contribution < -0.4 is 10.5 Å². The van der Waals surface area contributed by atoms with E-state index >= 15 is 0 Å². The number of carbonyl (C=O) groups excluding carboxylic acids is 1. The lowest BCUT2D eigenvalue weighted by Gasteiger charge is -2.09. The van der Waals surface area contributed by atoms with Gasteiger partial charge in [0, 0.05) is 6.54 Å². The second-order valence-electron chi connectivity index (χ2n) is 2.57. The van der Waals surface area contributed by atoms with E-state index in [2.05, 4.69) is 10.1 Å². The SMILES string of the molecule is COC(=O)C(C)NCCS(N)(=O)=O. The Bertz CT molecular complexity index is 262. The van der Waals surface area contributed by atoms with E-state index in [0.29, 0.717) is 0 Å². The maximum atomic E-state index is 10.8. The molecular weight excluding hydrogens is 196 g/mol. The van der Waals surface area contributed by atoms with Crippen LogP contribution in [0.4, 0.5) is 0 Å². The molecule has 3 N–H and O–H groups in total. The Balaban J connectivity index is 3.72. The molecule has 0 fully saturated rings. The fourth-order valence-corrected chi connectivity index (χ4v) is 1.08. The smallest absolute Gasteiger partial charge is 0.322 e. The number of methoxy groups -OCH3 is 1. The van der Waals surface area contributed by atoms with Crippen LogP contribution in [0.1, 0.15) is 6.92 Å². The van der Waals surface area contributed by atoms with Crippen molar-refractivity contribution in [1.82, 2.24) is 5.32 Å². The first-order chi connectivity index (χ1) is 5.87. The molecule has 7 heteroatoms. The molecular formula is C6H14N2O4S. The third kappa shape index (κ3) is 6.50. The first-order valence-electron chi connectivity index (χ1n) is 3.68. The van der Waals surface area contributed by atoms with Crippen LogP contribution in [0.15, 0.2) is 0 Å². The maximum Gasteiger partial charge on any atom is 0.322 e. The summed E-state index contributed by atoms with van der Waals surface area (Å²) < 4.78 is 25.4. The highest BCUT2D eigenvalue weighted by molar-refractivity contribution is 7.89. The van der Waals surface area contributed by atoms with E-state index in [-0.39, 0.29) is 12.3 Å². The summed E-state index contributed by atoms with van der Waals surface area (Å²) in [4.78, 5) is 10.8. The largest absolute Gasteiger partial charge is 0.468 e. The van der Waals surface area contributed by atoms with Gasteiger partial charge in [0.05, 0.1) is 12.9 Å². The molecule has 0 aliphatic heterocycles. The molecule has 0 aromatic carbocycles. The summed E-state index contributed by atoms with van der Waals surface area (Å²) in [6.45, 7) is 1.71. The van der Waals surface area contributed by atoms with Gasteiger partial charge in [-0.1, -0.05) is 0 Å².